The summed E-state index contributed by atoms with van der Waals surface area (Å²) < 4.78 is 22.6. The fraction of sp³-hybridized carbons (Fsp3) is 0.486. The summed E-state index contributed by atoms with van der Waals surface area (Å²) in [5, 5.41) is 10.2. The van der Waals surface area contributed by atoms with E-state index >= 15 is 4.39 Å². The molecule has 2 aliphatic carbocycles. The molecular weight excluding hydrogens is 555 g/mol. The average molecular weight is 593 g/mol. The van der Waals surface area contributed by atoms with Crippen molar-refractivity contribution in [3.8, 4) is 23.2 Å². The summed E-state index contributed by atoms with van der Waals surface area (Å²) in [7, 11) is 0. The van der Waals surface area contributed by atoms with Gasteiger partial charge in [0.1, 0.15) is 18.2 Å². The van der Waals surface area contributed by atoms with Crippen molar-refractivity contribution in [1.82, 2.24) is 19.8 Å². The Morgan fingerprint density at radius 1 is 1.16 bits per heavy atom. The Bertz CT molecular complexity index is 1710. The van der Waals surface area contributed by atoms with E-state index in [1.807, 2.05) is 18.2 Å². The number of halogens is 1. The van der Waals surface area contributed by atoms with E-state index < -0.39 is 0 Å². The zero-order valence-corrected chi connectivity index (χ0v) is 25.0. The summed E-state index contributed by atoms with van der Waals surface area (Å²) >= 11 is 0. The predicted octanol–water partition coefficient (Wildman–Crippen LogP) is 5.22. The van der Waals surface area contributed by atoms with Gasteiger partial charge < -0.3 is 14.5 Å². The fourth-order valence-corrected chi connectivity index (χ4v) is 8.59. The van der Waals surface area contributed by atoms with Crippen molar-refractivity contribution in [3.05, 3.63) is 59.9 Å². The van der Waals surface area contributed by atoms with Crippen LogP contribution < -0.4 is 9.64 Å². The van der Waals surface area contributed by atoms with Crippen LogP contribution in [0.3, 0.4) is 0 Å². The van der Waals surface area contributed by atoms with Crippen molar-refractivity contribution in [2.45, 2.75) is 62.4 Å². The van der Waals surface area contributed by atoms with Crippen LogP contribution in [0.25, 0.3) is 22.0 Å². The minimum Gasteiger partial charge on any atom is -0.461 e. The number of piperazine rings is 1. The molecule has 3 aromatic rings. The van der Waals surface area contributed by atoms with Gasteiger partial charge in [-0.1, -0.05) is 24.8 Å². The smallest absolute Gasteiger partial charge is 0.319 e. The number of fused-ring (bicyclic) bond motifs is 5. The van der Waals surface area contributed by atoms with Gasteiger partial charge in [-0.3, -0.25) is 9.69 Å². The number of ether oxygens (including phenoxy) is 1. The summed E-state index contributed by atoms with van der Waals surface area (Å²) in [6.45, 7) is 7.67. The number of nitriles is 1. The van der Waals surface area contributed by atoms with Crippen molar-refractivity contribution in [3.63, 3.8) is 0 Å². The highest BCUT2D eigenvalue weighted by Crippen LogP contribution is 2.58. The third-order valence-electron chi connectivity index (χ3n) is 10.9. The highest BCUT2D eigenvalue weighted by molar-refractivity contribution is 5.94. The lowest BCUT2D eigenvalue weighted by Crippen LogP contribution is -2.55. The van der Waals surface area contributed by atoms with Gasteiger partial charge in [0.2, 0.25) is 5.91 Å². The first-order valence-electron chi connectivity index (χ1n) is 16.0. The van der Waals surface area contributed by atoms with E-state index in [0.717, 1.165) is 37.9 Å². The Kier molecular flexibility index (Phi) is 6.60. The second-order valence-electron chi connectivity index (χ2n) is 13.3. The van der Waals surface area contributed by atoms with Crippen molar-refractivity contribution < 1.29 is 13.9 Å². The number of aromatic nitrogens is 2. The molecule has 0 radical (unpaired) electrons. The van der Waals surface area contributed by atoms with Gasteiger partial charge in [-0.25, -0.2) is 4.39 Å². The Hall–Kier alpha value is -4.03. The largest absolute Gasteiger partial charge is 0.461 e. The second-order valence-corrected chi connectivity index (χ2v) is 13.3. The molecule has 2 aromatic carbocycles. The Labute approximate surface area is 257 Å². The molecule has 8 rings (SSSR count). The molecule has 5 aliphatic rings. The lowest BCUT2D eigenvalue weighted by molar-refractivity contribution is -0.128. The molecule has 3 atom stereocenters. The standard InChI is InChI=1S/C35H37FN6O2/c1-2-31(43)42-15-14-40(20-24(42)8-11-37)33-28-18-29(36)27(25-7-3-6-22-16-23-17-26(23)32(22)25)19-30(28)38-34(39-33)44-21-35-9-4-12-41(35)13-5-10-35/h2-3,6-7,18-19,23-24,26H,1,4-5,8-10,12-17,20-21H2/t23?,24-,26?/m0/s1. The van der Waals surface area contributed by atoms with Crippen LogP contribution in [-0.2, 0) is 11.2 Å². The van der Waals surface area contributed by atoms with Gasteiger partial charge in [0.05, 0.1) is 29.6 Å². The van der Waals surface area contributed by atoms with Gasteiger partial charge >= 0.3 is 6.01 Å². The third kappa shape index (κ3) is 4.45. The van der Waals surface area contributed by atoms with Gasteiger partial charge in [-0.15, -0.1) is 0 Å². The van der Waals surface area contributed by atoms with Crippen molar-refractivity contribution in [1.29, 1.82) is 5.26 Å². The zero-order chi connectivity index (χ0) is 30.0. The molecule has 2 unspecified atom stereocenters. The summed E-state index contributed by atoms with van der Waals surface area (Å²) in [6, 6.07) is 11.9. The number of hydrogen-bond donors (Lipinski definition) is 0. The van der Waals surface area contributed by atoms with Gasteiger partial charge in [0.25, 0.3) is 0 Å². The van der Waals surface area contributed by atoms with Gasteiger partial charge in [-0.2, -0.15) is 15.2 Å². The molecule has 3 saturated heterocycles. The number of carbonyl (C=O) groups is 1. The second kappa shape index (κ2) is 10.6. The van der Waals surface area contributed by atoms with Crippen LogP contribution in [0, 0.1) is 23.1 Å². The van der Waals surface area contributed by atoms with E-state index in [-0.39, 0.29) is 29.7 Å². The monoisotopic (exact) mass is 592 g/mol. The molecule has 4 fully saturated rings. The zero-order valence-electron chi connectivity index (χ0n) is 25.0. The Balaban J connectivity index is 1.20. The number of carbonyl (C=O) groups excluding carboxylic acids is 1. The molecule has 226 valence electrons. The molecule has 4 heterocycles. The topological polar surface area (TPSA) is 85.6 Å². The number of benzene rings is 2. The molecule has 3 aliphatic heterocycles. The Morgan fingerprint density at radius 2 is 2.00 bits per heavy atom. The number of amides is 1. The maximum absolute atomic E-state index is 16.2. The molecule has 8 nitrogen and oxygen atoms in total. The first kappa shape index (κ1) is 27.5. The first-order valence-corrected chi connectivity index (χ1v) is 16.0. The van der Waals surface area contributed by atoms with Gasteiger partial charge in [0, 0.05) is 30.6 Å². The molecule has 0 spiro atoms. The molecule has 0 N–H and O–H groups in total. The molecule has 1 amide bonds. The van der Waals surface area contributed by atoms with Crippen LogP contribution in [0.2, 0.25) is 0 Å². The van der Waals surface area contributed by atoms with Gasteiger partial charge in [0.15, 0.2) is 0 Å². The number of rotatable bonds is 7. The van der Waals surface area contributed by atoms with E-state index in [9.17, 15) is 10.1 Å². The van der Waals surface area contributed by atoms with Crippen LogP contribution in [0.5, 0.6) is 6.01 Å². The van der Waals surface area contributed by atoms with Crippen LogP contribution in [-0.4, -0.2) is 76.6 Å². The molecule has 44 heavy (non-hydrogen) atoms. The van der Waals surface area contributed by atoms with Crippen LogP contribution in [0.1, 0.15) is 55.6 Å². The summed E-state index contributed by atoms with van der Waals surface area (Å²) in [6.07, 6.45) is 8.31. The summed E-state index contributed by atoms with van der Waals surface area (Å²) in [5.41, 5.74) is 4.84. The van der Waals surface area contributed by atoms with Crippen molar-refractivity contribution >= 4 is 22.6 Å². The minimum absolute atomic E-state index is 0.0341. The minimum atomic E-state index is -0.333. The molecule has 1 aromatic heterocycles. The molecule has 9 heteroatoms. The highest BCUT2D eigenvalue weighted by Gasteiger charge is 2.47. The van der Waals surface area contributed by atoms with Crippen LogP contribution in [0.15, 0.2) is 43.0 Å². The fourth-order valence-electron chi connectivity index (χ4n) is 8.59. The normalized spacial score (nSPS) is 25.0. The average Bonchev–Trinajstić information content (AvgIpc) is 3.32. The van der Waals surface area contributed by atoms with Crippen LogP contribution in [0.4, 0.5) is 10.2 Å². The van der Waals surface area contributed by atoms with E-state index in [2.05, 4.69) is 28.5 Å². The van der Waals surface area contributed by atoms with Crippen LogP contribution >= 0.6 is 0 Å². The lowest BCUT2D eigenvalue weighted by Gasteiger charge is -2.41. The molecule has 0 bridgehead atoms. The maximum atomic E-state index is 16.2. The van der Waals surface area contributed by atoms with E-state index in [0.29, 0.717) is 66.4 Å². The maximum Gasteiger partial charge on any atom is 0.319 e. The third-order valence-corrected chi connectivity index (χ3v) is 10.9. The number of hydrogen-bond acceptors (Lipinski definition) is 7. The molecule has 1 saturated carbocycles. The Morgan fingerprint density at radius 3 is 2.80 bits per heavy atom. The SMILES string of the molecule is C=CC(=O)N1CCN(c2nc(OCC34CCCN3CCC4)nc3cc(-c4cccc5c4C4CC4C5)c(F)cc23)C[C@@H]1CC#N. The van der Waals surface area contributed by atoms with Gasteiger partial charge in [-0.05, 0) is 98.3 Å². The number of anilines is 1. The van der Waals surface area contributed by atoms with E-state index in [1.165, 1.54) is 36.5 Å². The van der Waals surface area contributed by atoms with E-state index in [1.54, 1.807) is 11.0 Å². The number of nitrogens with zero attached hydrogens (tertiary/aromatic N) is 6. The summed E-state index contributed by atoms with van der Waals surface area (Å²) in [4.78, 5) is 28.7. The molecular formula is C35H37FN6O2. The first-order chi connectivity index (χ1) is 21.5. The highest BCUT2D eigenvalue weighted by atomic mass is 19.1. The predicted molar refractivity (Wildman–Crippen MR) is 166 cm³/mol. The lowest BCUT2D eigenvalue weighted by atomic mass is 9.93. The van der Waals surface area contributed by atoms with Crippen molar-refractivity contribution in [2.24, 2.45) is 5.92 Å². The van der Waals surface area contributed by atoms with E-state index in [4.69, 9.17) is 14.7 Å². The quantitative estimate of drug-likeness (QED) is 0.348. The summed E-state index contributed by atoms with van der Waals surface area (Å²) in [5.74, 6) is 1.32. The van der Waals surface area contributed by atoms with Crippen molar-refractivity contribution in [2.75, 3.05) is 44.2 Å².